The molecule has 84 valence electrons. The number of hydrogen-bond acceptors (Lipinski definition) is 4. The Labute approximate surface area is 91.9 Å². The first-order chi connectivity index (χ1) is 7.73. The first kappa shape index (κ1) is 9.38. The predicted molar refractivity (Wildman–Crippen MR) is 54.6 cm³/mol. The number of rotatable bonds is 0. The molecule has 1 spiro atoms. The zero-order valence-corrected chi connectivity index (χ0v) is 8.59. The molecular formula is C10H11N3O3. The van der Waals surface area contributed by atoms with E-state index in [0.717, 1.165) is 19.3 Å². The molecule has 0 aromatic carbocycles. The molecule has 6 heteroatoms. The first-order valence-corrected chi connectivity index (χ1v) is 5.19. The van der Waals surface area contributed by atoms with E-state index < -0.39 is 11.6 Å². The fourth-order valence-corrected chi connectivity index (χ4v) is 2.33. The van der Waals surface area contributed by atoms with E-state index in [-0.39, 0.29) is 0 Å². The Bertz CT molecular complexity index is 445. The Hall–Kier alpha value is -1.85. The molecule has 0 radical (unpaired) electrons. The van der Waals surface area contributed by atoms with Crippen LogP contribution in [0, 0.1) is 0 Å². The second kappa shape index (κ2) is 3.07. The molecule has 2 heterocycles. The monoisotopic (exact) mass is 221 g/mol. The van der Waals surface area contributed by atoms with Crippen molar-refractivity contribution in [3.8, 4) is 5.75 Å². The molecule has 1 aromatic heterocycles. The van der Waals surface area contributed by atoms with Gasteiger partial charge in [-0.05, 0) is 19.3 Å². The third-order valence-electron chi connectivity index (χ3n) is 3.32. The van der Waals surface area contributed by atoms with Gasteiger partial charge in [0.15, 0.2) is 11.6 Å². The summed E-state index contributed by atoms with van der Waals surface area (Å²) in [6.45, 7) is 0.402. The second-order valence-corrected chi connectivity index (χ2v) is 4.20. The molecule has 3 rings (SSSR count). The van der Waals surface area contributed by atoms with Gasteiger partial charge in [-0.2, -0.15) is 0 Å². The topological polar surface area (TPSA) is 75.5 Å². The molecule has 1 aliphatic carbocycles. The third-order valence-corrected chi connectivity index (χ3v) is 3.32. The molecule has 6 nitrogen and oxygen atoms in total. The first-order valence-electron chi connectivity index (χ1n) is 5.19. The number of fused-ring (bicyclic) bond motifs is 1. The van der Waals surface area contributed by atoms with Gasteiger partial charge in [0.25, 0.3) is 0 Å². The zero-order valence-electron chi connectivity index (χ0n) is 8.59. The SMILES string of the molecule is O=C(O)N1c2ncncc2OCC12CCC2. The molecule has 0 unspecified atom stereocenters. The van der Waals surface area contributed by atoms with Gasteiger partial charge in [-0.3, -0.25) is 0 Å². The highest BCUT2D eigenvalue weighted by Gasteiger charge is 2.50. The Balaban J connectivity index is 2.09. The van der Waals surface area contributed by atoms with Crippen LogP contribution in [0.1, 0.15) is 19.3 Å². The minimum atomic E-state index is -0.969. The number of nitrogens with zero attached hydrogens (tertiary/aromatic N) is 3. The predicted octanol–water partition coefficient (Wildman–Crippen LogP) is 1.28. The van der Waals surface area contributed by atoms with Crippen LogP contribution in [-0.2, 0) is 0 Å². The summed E-state index contributed by atoms with van der Waals surface area (Å²) in [6.07, 6.45) is 4.58. The Morgan fingerprint density at radius 1 is 1.56 bits per heavy atom. The van der Waals surface area contributed by atoms with Crippen LogP contribution in [0.4, 0.5) is 10.6 Å². The van der Waals surface area contributed by atoms with Crippen molar-refractivity contribution in [2.24, 2.45) is 0 Å². The van der Waals surface area contributed by atoms with E-state index in [9.17, 15) is 9.90 Å². The molecule has 1 fully saturated rings. The normalized spacial score (nSPS) is 20.9. The Kier molecular flexibility index (Phi) is 1.80. The fourth-order valence-electron chi connectivity index (χ4n) is 2.33. The van der Waals surface area contributed by atoms with Gasteiger partial charge < -0.3 is 9.84 Å². The lowest BCUT2D eigenvalue weighted by Gasteiger charge is -2.50. The van der Waals surface area contributed by atoms with Crippen molar-refractivity contribution in [1.29, 1.82) is 0 Å². The van der Waals surface area contributed by atoms with Crippen molar-refractivity contribution >= 4 is 11.9 Å². The summed E-state index contributed by atoms with van der Waals surface area (Å²) >= 11 is 0. The van der Waals surface area contributed by atoms with Gasteiger partial charge in [-0.15, -0.1) is 0 Å². The molecule has 16 heavy (non-hydrogen) atoms. The lowest BCUT2D eigenvalue weighted by atomic mass is 9.75. The van der Waals surface area contributed by atoms with Crippen molar-refractivity contribution < 1.29 is 14.6 Å². The van der Waals surface area contributed by atoms with E-state index in [1.807, 2.05) is 0 Å². The highest BCUT2D eigenvalue weighted by atomic mass is 16.5. The summed E-state index contributed by atoms with van der Waals surface area (Å²) in [7, 11) is 0. The molecular weight excluding hydrogens is 210 g/mol. The van der Waals surface area contributed by atoms with E-state index in [1.165, 1.54) is 17.4 Å². The van der Waals surface area contributed by atoms with Crippen LogP contribution in [-0.4, -0.2) is 33.3 Å². The number of anilines is 1. The quantitative estimate of drug-likeness (QED) is 0.714. The average Bonchev–Trinajstić information content (AvgIpc) is 2.25. The smallest absolute Gasteiger partial charge is 0.413 e. The maximum atomic E-state index is 11.3. The van der Waals surface area contributed by atoms with Crippen LogP contribution in [0.5, 0.6) is 5.75 Å². The minimum absolute atomic E-state index is 0.369. The standard InChI is InChI=1S/C10H11N3O3/c14-9(15)13-8-7(4-11-6-12-8)16-5-10(13)2-1-3-10/h4,6H,1-3,5H2,(H,14,15). The highest BCUT2D eigenvalue weighted by molar-refractivity contribution is 5.89. The van der Waals surface area contributed by atoms with Crippen molar-refractivity contribution in [2.45, 2.75) is 24.8 Å². The van der Waals surface area contributed by atoms with Gasteiger partial charge in [0.05, 0.1) is 11.7 Å². The summed E-state index contributed by atoms with van der Waals surface area (Å²) < 4.78 is 5.53. The molecule has 0 saturated heterocycles. The molecule has 1 N–H and O–H groups in total. The van der Waals surface area contributed by atoms with E-state index in [2.05, 4.69) is 9.97 Å². The van der Waals surface area contributed by atoms with E-state index in [0.29, 0.717) is 18.2 Å². The van der Waals surface area contributed by atoms with Gasteiger partial charge in [0, 0.05) is 0 Å². The molecule has 1 amide bonds. The van der Waals surface area contributed by atoms with Crippen molar-refractivity contribution in [3.05, 3.63) is 12.5 Å². The summed E-state index contributed by atoms with van der Waals surface area (Å²) in [6, 6.07) is 0. The minimum Gasteiger partial charge on any atom is -0.486 e. The maximum absolute atomic E-state index is 11.3. The van der Waals surface area contributed by atoms with E-state index in [4.69, 9.17) is 4.74 Å². The number of ether oxygens (including phenoxy) is 1. The van der Waals surface area contributed by atoms with Gasteiger partial charge in [-0.1, -0.05) is 0 Å². The molecule has 1 saturated carbocycles. The van der Waals surface area contributed by atoms with Crippen LogP contribution in [0.3, 0.4) is 0 Å². The molecule has 1 aliphatic heterocycles. The Morgan fingerprint density at radius 3 is 3.00 bits per heavy atom. The molecule has 2 aliphatic rings. The maximum Gasteiger partial charge on any atom is 0.413 e. The number of carboxylic acid groups (broad SMARTS) is 1. The van der Waals surface area contributed by atoms with Crippen LogP contribution in [0.2, 0.25) is 0 Å². The number of aromatic nitrogens is 2. The summed E-state index contributed by atoms with van der Waals surface area (Å²) in [5, 5.41) is 9.30. The lowest BCUT2D eigenvalue weighted by molar-refractivity contribution is 0.105. The number of amides is 1. The van der Waals surface area contributed by atoms with E-state index in [1.54, 1.807) is 0 Å². The van der Waals surface area contributed by atoms with Crippen LogP contribution >= 0.6 is 0 Å². The van der Waals surface area contributed by atoms with Gasteiger partial charge in [0.2, 0.25) is 0 Å². The van der Waals surface area contributed by atoms with Crippen molar-refractivity contribution in [1.82, 2.24) is 9.97 Å². The number of carbonyl (C=O) groups is 1. The largest absolute Gasteiger partial charge is 0.486 e. The fraction of sp³-hybridized carbons (Fsp3) is 0.500. The van der Waals surface area contributed by atoms with Crippen molar-refractivity contribution in [3.63, 3.8) is 0 Å². The molecule has 0 bridgehead atoms. The summed E-state index contributed by atoms with van der Waals surface area (Å²) in [4.78, 5) is 20.5. The average molecular weight is 221 g/mol. The zero-order chi connectivity index (χ0) is 11.2. The van der Waals surface area contributed by atoms with Crippen molar-refractivity contribution in [2.75, 3.05) is 11.5 Å². The van der Waals surface area contributed by atoms with Gasteiger partial charge in [0.1, 0.15) is 12.9 Å². The van der Waals surface area contributed by atoms with Crippen LogP contribution < -0.4 is 9.64 Å². The lowest BCUT2D eigenvalue weighted by Crippen LogP contribution is -2.62. The summed E-state index contributed by atoms with van der Waals surface area (Å²) in [5.41, 5.74) is -0.396. The van der Waals surface area contributed by atoms with Crippen LogP contribution in [0.15, 0.2) is 12.5 Å². The highest BCUT2D eigenvalue weighted by Crippen LogP contribution is 2.45. The van der Waals surface area contributed by atoms with Gasteiger partial charge in [-0.25, -0.2) is 19.7 Å². The number of hydrogen-bond donors (Lipinski definition) is 1. The summed E-state index contributed by atoms with van der Waals surface area (Å²) in [5.74, 6) is 0.816. The molecule has 0 atom stereocenters. The van der Waals surface area contributed by atoms with Crippen LogP contribution in [0.25, 0.3) is 0 Å². The second-order valence-electron chi connectivity index (χ2n) is 4.20. The third kappa shape index (κ3) is 1.09. The van der Waals surface area contributed by atoms with E-state index >= 15 is 0 Å². The molecule has 1 aromatic rings. The Morgan fingerprint density at radius 2 is 2.38 bits per heavy atom. The van der Waals surface area contributed by atoms with Gasteiger partial charge >= 0.3 is 6.09 Å².